The molecule has 1 rings (SSSR count). The second-order valence-electron chi connectivity index (χ2n) is 3.90. The van der Waals surface area contributed by atoms with Crippen LogP contribution in [0.25, 0.3) is 0 Å². The molecule has 0 saturated heterocycles. The van der Waals surface area contributed by atoms with Crippen LogP contribution >= 0.6 is 0 Å². The van der Waals surface area contributed by atoms with E-state index in [1.165, 1.54) is 0 Å². The molecule has 0 bridgehead atoms. The predicted octanol–water partition coefficient (Wildman–Crippen LogP) is 2.60. The Morgan fingerprint density at radius 2 is 1.89 bits per heavy atom. The maximum Gasteiger partial charge on any atom is 0.342 e. The van der Waals surface area contributed by atoms with Crippen LogP contribution in [-0.4, -0.2) is 17.7 Å². The molecule has 0 heterocycles. The Kier molecular flexibility index (Phi) is 7.14. The molecule has 1 aromatic rings. The lowest BCUT2D eigenvalue weighted by Gasteiger charge is -1.98. The van der Waals surface area contributed by atoms with Crippen LogP contribution in [-0.2, 0) is 21.0 Å². The molecule has 102 valence electrons. The van der Waals surface area contributed by atoms with Gasteiger partial charge in [0.05, 0.1) is 0 Å². The first-order chi connectivity index (χ1) is 9.22. The summed E-state index contributed by atoms with van der Waals surface area (Å²) in [5.41, 5.74) is 1.14. The monoisotopic (exact) mass is 262 g/mol. The molecule has 0 spiro atoms. The largest absolute Gasteiger partial charge is 0.508 e. The smallest absolute Gasteiger partial charge is 0.342 e. The van der Waals surface area contributed by atoms with Crippen LogP contribution in [0.2, 0.25) is 0 Å². The van der Waals surface area contributed by atoms with Crippen LogP contribution in [0.5, 0.6) is 5.75 Å². The Bertz CT molecular complexity index is 439. The zero-order valence-corrected chi connectivity index (χ0v) is 11.0. The van der Waals surface area contributed by atoms with Gasteiger partial charge in [-0.05, 0) is 24.1 Å². The lowest BCUT2D eigenvalue weighted by molar-refractivity contribution is -0.270. The molecule has 0 aliphatic heterocycles. The molecule has 0 atom stereocenters. The number of carbonyl (C=O) groups excluding carboxylic acids is 1. The molecule has 4 heteroatoms. The van der Waals surface area contributed by atoms with E-state index in [1.54, 1.807) is 19.1 Å². The van der Waals surface area contributed by atoms with Gasteiger partial charge in [-0.15, -0.1) is 11.8 Å². The summed E-state index contributed by atoms with van der Waals surface area (Å²) < 4.78 is 0. The second kappa shape index (κ2) is 9.01. The zero-order chi connectivity index (χ0) is 13.9. The van der Waals surface area contributed by atoms with Gasteiger partial charge in [0, 0.05) is 19.3 Å². The van der Waals surface area contributed by atoms with E-state index in [1.807, 2.05) is 12.1 Å². The SMILES string of the molecule is CCC(=O)OOCCC#CCCc1ccc(O)cc1. The topological polar surface area (TPSA) is 55.8 Å². The van der Waals surface area contributed by atoms with Gasteiger partial charge < -0.3 is 5.11 Å². The molecule has 1 aromatic carbocycles. The van der Waals surface area contributed by atoms with Gasteiger partial charge in [0.15, 0.2) is 0 Å². The summed E-state index contributed by atoms with van der Waals surface area (Å²) in [5, 5.41) is 9.13. The van der Waals surface area contributed by atoms with Gasteiger partial charge >= 0.3 is 5.97 Å². The summed E-state index contributed by atoms with van der Waals surface area (Å²) >= 11 is 0. The number of carbonyl (C=O) groups is 1. The summed E-state index contributed by atoms with van der Waals surface area (Å²) in [4.78, 5) is 19.9. The van der Waals surface area contributed by atoms with Gasteiger partial charge in [0.1, 0.15) is 12.4 Å². The first kappa shape index (κ1) is 15.1. The lowest BCUT2D eigenvalue weighted by Crippen LogP contribution is -2.04. The number of hydrogen-bond acceptors (Lipinski definition) is 4. The van der Waals surface area contributed by atoms with Crippen molar-refractivity contribution >= 4 is 5.97 Å². The maximum absolute atomic E-state index is 10.7. The Hall–Kier alpha value is -1.99. The molecule has 0 radical (unpaired) electrons. The predicted molar refractivity (Wildman–Crippen MR) is 71.2 cm³/mol. The minimum atomic E-state index is -0.375. The third kappa shape index (κ3) is 7.12. The molecule has 0 saturated carbocycles. The Labute approximate surface area is 113 Å². The van der Waals surface area contributed by atoms with Gasteiger partial charge in [-0.25, -0.2) is 4.79 Å². The van der Waals surface area contributed by atoms with E-state index in [2.05, 4.69) is 21.6 Å². The number of aromatic hydroxyl groups is 1. The van der Waals surface area contributed by atoms with E-state index in [9.17, 15) is 4.79 Å². The fourth-order valence-corrected chi connectivity index (χ4v) is 1.31. The van der Waals surface area contributed by atoms with Crippen LogP contribution in [0.3, 0.4) is 0 Å². The number of phenols is 1. The normalized spacial score (nSPS) is 9.53. The summed E-state index contributed by atoms with van der Waals surface area (Å²) in [7, 11) is 0. The van der Waals surface area contributed by atoms with Gasteiger partial charge in [0.2, 0.25) is 0 Å². The number of benzene rings is 1. The third-order valence-corrected chi connectivity index (χ3v) is 2.35. The van der Waals surface area contributed by atoms with Crippen molar-refractivity contribution in [2.75, 3.05) is 6.61 Å². The summed E-state index contributed by atoms with van der Waals surface area (Å²) in [6, 6.07) is 7.09. The average molecular weight is 262 g/mol. The number of rotatable bonds is 6. The standard InChI is InChI=1S/C15H18O4/c1-2-15(17)19-18-12-6-4-3-5-7-13-8-10-14(16)11-9-13/h8-11,16H,2,5-7,12H2,1H3. The Morgan fingerprint density at radius 3 is 2.58 bits per heavy atom. The van der Waals surface area contributed by atoms with E-state index in [0.29, 0.717) is 12.8 Å². The molecule has 0 aliphatic carbocycles. The molecule has 4 nitrogen and oxygen atoms in total. The van der Waals surface area contributed by atoms with Crippen molar-refractivity contribution < 1.29 is 19.7 Å². The van der Waals surface area contributed by atoms with E-state index < -0.39 is 0 Å². The average Bonchev–Trinajstić information content (AvgIpc) is 2.43. The number of hydrogen-bond donors (Lipinski definition) is 1. The quantitative estimate of drug-likeness (QED) is 0.370. The highest BCUT2D eigenvalue weighted by Crippen LogP contribution is 2.10. The molecular formula is C15H18O4. The number of aryl methyl sites for hydroxylation is 1. The highest BCUT2D eigenvalue weighted by Gasteiger charge is 1.97. The van der Waals surface area contributed by atoms with Gasteiger partial charge in [-0.2, -0.15) is 4.89 Å². The molecule has 0 fully saturated rings. The highest BCUT2D eigenvalue weighted by molar-refractivity contribution is 5.68. The highest BCUT2D eigenvalue weighted by atomic mass is 17.2. The molecule has 0 amide bonds. The van der Waals surface area contributed by atoms with Crippen molar-refractivity contribution in [3.8, 4) is 17.6 Å². The van der Waals surface area contributed by atoms with Gasteiger partial charge in [-0.1, -0.05) is 19.1 Å². The van der Waals surface area contributed by atoms with E-state index in [-0.39, 0.29) is 18.3 Å². The van der Waals surface area contributed by atoms with Crippen LogP contribution in [0.15, 0.2) is 24.3 Å². The van der Waals surface area contributed by atoms with Crippen molar-refractivity contribution in [3.63, 3.8) is 0 Å². The number of phenolic OH excluding ortho intramolecular Hbond substituents is 1. The zero-order valence-electron chi connectivity index (χ0n) is 11.0. The van der Waals surface area contributed by atoms with Crippen LogP contribution < -0.4 is 0 Å². The molecular weight excluding hydrogens is 244 g/mol. The van der Waals surface area contributed by atoms with Gasteiger partial charge in [-0.3, -0.25) is 4.89 Å². The molecule has 1 N–H and O–H groups in total. The second-order valence-corrected chi connectivity index (χ2v) is 3.90. The summed E-state index contributed by atoms with van der Waals surface area (Å²) in [6.45, 7) is 1.99. The van der Waals surface area contributed by atoms with Gasteiger partial charge in [0.25, 0.3) is 0 Å². The summed E-state index contributed by atoms with van der Waals surface area (Å²) in [5.74, 6) is 5.86. The Balaban J connectivity index is 2.08. The third-order valence-electron chi connectivity index (χ3n) is 2.35. The first-order valence-corrected chi connectivity index (χ1v) is 6.28. The van der Waals surface area contributed by atoms with Crippen LogP contribution in [0, 0.1) is 11.8 Å². The molecule has 0 aliphatic rings. The minimum absolute atomic E-state index is 0.272. The van der Waals surface area contributed by atoms with E-state index in [4.69, 9.17) is 5.11 Å². The van der Waals surface area contributed by atoms with Crippen molar-refractivity contribution in [3.05, 3.63) is 29.8 Å². The lowest BCUT2D eigenvalue weighted by atomic mass is 10.1. The Morgan fingerprint density at radius 1 is 1.21 bits per heavy atom. The van der Waals surface area contributed by atoms with Crippen molar-refractivity contribution in [1.82, 2.24) is 0 Å². The molecule has 19 heavy (non-hydrogen) atoms. The fraction of sp³-hybridized carbons (Fsp3) is 0.400. The van der Waals surface area contributed by atoms with Crippen molar-refractivity contribution in [1.29, 1.82) is 0 Å². The van der Waals surface area contributed by atoms with Crippen LogP contribution in [0.4, 0.5) is 0 Å². The summed E-state index contributed by atoms with van der Waals surface area (Å²) in [6.07, 6.45) is 2.43. The van der Waals surface area contributed by atoms with E-state index >= 15 is 0 Å². The van der Waals surface area contributed by atoms with Crippen LogP contribution in [0.1, 0.15) is 31.7 Å². The van der Waals surface area contributed by atoms with Crippen molar-refractivity contribution in [2.45, 2.75) is 32.6 Å². The molecule has 0 unspecified atom stereocenters. The van der Waals surface area contributed by atoms with Crippen molar-refractivity contribution in [2.24, 2.45) is 0 Å². The molecule has 0 aromatic heterocycles. The minimum Gasteiger partial charge on any atom is -0.508 e. The first-order valence-electron chi connectivity index (χ1n) is 6.28. The fourth-order valence-electron chi connectivity index (χ4n) is 1.31. The maximum atomic E-state index is 10.7. The van der Waals surface area contributed by atoms with E-state index in [0.717, 1.165) is 18.4 Å².